The quantitative estimate of drug-likeness (QED) is 0.595. The summed E-state index contributed by atoms with van der Waals surface area (Å²) in [7, 11) is 0. The first-order chi connectivity index (χ1) is 14.6. The standard InChI is InChI=1S/C22H21ClFN3O3/c23-17-3-1-2-16(12-17)22-25-19(14-30-22)13-26-8-10-27(11-9-26)21(28)15-29-20-6-4-18(24)5-7-20/h1-7,12,14H,8-11,13,15H2. The van der Waals surface area contributed by atoms with Crippen LogP contribution >= 0.6 is 11.6 Å². The molecule has 156 valence electrons. The number of oxazole rings is 1. The highest BCUT2D eigenvalue weighted by molar-refractivity contribution is 6.30. The first kappa shape index (κ1) is 20.4. The number of hydrogen-bond donors (Lipinski definition) is 0. The molecule has 1 amide bonds. The molecule has 2 aromatic carbocycles. The summed E-state index contributed by atoms with van der Waals surface area (Å²) in [5.74, 6) is 0.601. The maximum Gasteiger partial charge on any atom is 0.260 e. The minimum atomic E-state index is -0.336. The topological polar surface area (TPSA) is 58.8 Å². The van der Waals surface area contributed by atoms with E-state index < -0.39 is 0 Å². The Morgan fingerprint density at radius 2 is 1.90 bits per heavy atom. The molecule has 0 saturated carbocycles. The van der Waals surface area contributed by atoms with E-state index in [0.717, 1.165) is 24.3 Å². The summed E-state index contributed by atoms with van der Waals surface area (Å²) in [6.45, 7) is 3.30. The lowest BCUT2D eigenvalue weighted by atomic mass is 10.2. The number of carbonyl (C=O) groups is 1. The number of amides is 1. The van der Waals surface area contributed by atoms with Crippen molar-refractivity contribution in [1.29, 1.82) is 0 Å². The third kappa shape index (κ3) is 5.17. The summed E-state index contributed by atoms with van der Waals surface area (Å²) in [5.41, 5.74) is 1.68. The second kappa shape index (κ2) is 9.28. The van der Waals surface area contributed by atoms with Crippen molar-refractivity contribution in [2.45, 2.75) is 6.54 Å². The Hall–Kier alpha value is -2.90. The summed E-state index contributed by atoms with van der Waals surface area (Å²) in [6.07, 6.45) is 1.66. The largest absolute Gasteiger partial charge is 0.484 e. The maximum absolute atomic E-state index is 12.9. The van der Waals surface area contributed by atoms with Crippen molar-refractivity contribution in [3.63, 3.8) is 0 Å². The van der Waals surface area contributed by atoms with E-state index in [1.165, 1.54) is 24.3 Å². The van der Waals surface area contributed by atoms with Crippen molar-refractivity contribution < 1.29 is 18.3 Å². The Kier molecular flexibility index (Phi) is 6.30. The van der Waals surface area contributed by atoms with Gasteiger partial charge in [0, 0.05) is 43.3 Å². The van der Waals surface area contributed by atoms with E-state index in [0.29, 0.717) is 36.3 Å². The molecule has 0 unspecified atom stereocenters. The average Bonchev–Trinajstić information content (AvgIpc) is 3.22. The first-order valence-corrected chi connectivity index (χ1v) is 10.0. The van der Waals surface area contributed by atoms with E-state index in [1.807, 2.05) is 18.2 Å². The van der Waals surface area contributed by atoms with Crippen molar-refractivity contribution in [3.05, 3.63) is 71.3 Å². The van der Waals surface area contributed by atoms with Crippen LogP contribution in [0, 0.1) is 5.82 Å². The van der Waals surface area contributed by atoms with Gasteiger partial charge in [0.05, 0.1) is 5.69 Å². The van der Waals surface area contributed by atoms with Crippen LogP contribution in [0.3, 0.4) is 0 Å². The van der Waals surface area contributed by atoms with E-state index in [1.54, 1.807) is 17.2 Å². The fourth-order valence-corrected chi connectivity index (χ4v) is 3.48. The molecule has 2 heterocycles. The molecule has 0 radical (unpaired) electrons. The molecule has 1 aliphatic rings. The predicted molar refractivity (Wildman–Crippen MR) is 111 cm³/mol. The van der Waals surface area contributed by atoms with Crippen molar-refractivity contribution >= 4 is 17.5 Å². The van der Waals surface area contributed by atoms with E-state index in [9.17, 15) is 9.18 Å². The Morgan fingerprint density at radius 3 is 2.63 bits per heavy atom. The van der Waals surface area contributed by atoms with Crippen LogP contribution in [0.25, 0.3) is 11.5 Å². The molecule has 30 heavy (non-hydrogen) atoms. The van der Waals surface area contributed by atoms with Crippen molar-refractivity contribution in [3.8, 4) is 17.2 Å². The highest BCUT2D eigenvalue weighted by Crippen LogP contribution is 2.22. The number of aromatic nitrogens is 1. The molecule has 1 aliphatic heterocycles. The number of carbonyl (C=O) groups excluding carboxylic acids is 1. The van der Waals surface area contributed by atoms with Crippen LogP contribution in [0.1, 0.15) is 5.69 Å². The lowest BCUT2D eigenvalue weighted by Crippen LogP contribution is -2.49. The Labute approximate surface area is 178 Å². The van der Waals surface area contributed by atoms with E-state index in [-0.39, 0.29) is 18.3 Å². The molecule has 1 fully saturated rings. The van der Waals surface area contributed by atoms with Gasteiger partial charge in [0.25, 0.3) is 5.91 Å². The second-order valence-corrected chi connectivity index (χ2v) is 7.49. The lowest BCUT2D eigenvalue weighted by molar-refractivity contribution is -0.135. The van der Waals surface area contributed by atoms with Gasteiger partial charge in [0.15, 0.2) is 6.61 Å². The summed E-state index contributed by atoms with van der Waals surface area (Å²) in [4.78, 5) is 20.9. The monoisotopic (exact) mass is 429 g/mol. The van der Waals surface area contributed by atoms with Gasteiger partial charge in [0.1, 0.15) is 17.8 Å². The van der Waals surface area contributed by atoms with Gasteiger partial charge in [-0.3, -0.25) is 9.69 Å². The first-order valence-electron chi connectivity index (χ1n) is 9.66. The molecule has 4 rings (SSSR count). The summed E-state index contributed by atoms with van der Waals surface area (Å²) in [5, 5.41) is 0.636. The average molecular weight is 430 g/mol. The third-order valence-electron chi connectivity index (χ3n) is 4.91. The van der Waals surface area contributed by atoms with E-state index in [2.05, 4.69) is 9.88 Å². The number of ether oxygens (including phenoxy) is 1. The van der Waals surface area contributed by atoms with Gasteiger partial charge in [-0.15, -0.1) is 0 Å². The van der Waals surface area contributed by atoms with Crippen molar-refractivity contribution in [2.75, 3.05) is 32.8 Å². The van der Waals surface area contributed by atoms with Crippen LogP contribution in [0.4, 0.5) is 4.39 Å². The van der Waals surface area contributed by atoms with Crippen molar-refractivity contribution in [2.24, 2.45) is 0 Å². The zero-order chi connectivity index (χ0) is 20.9. The van der Waals surface area contributed by atoms with Gasteiger partial charge in [-0.25, -0.2) is 9.37 Å². The molecular weight excluding hydrogens is 409 g/mol. The van der Waals surface area contributed by atoms with Gasteiger partial charge in [-0.2, -0.15) is 0 Å². The van der Waals surface area contributed by atoms with Crippen LogP contribution in [-0.4, -0.2) is 53.5 Å². The summed E-state index contributed by atoms with van der Waals surface area (Å²) >= 11 is 6.03. The van der Waals surface area contributed by atoms with Gasteiger partial charge in [0.2, 0.25) is 5.89 Å². The number of halogens is 2. The smallest absolute Gasteiger partial charge is 0.260 e. The Balaban J connectivity index is 1.24. The molecule has 0 bridgehead atoms. The van der Waals surface area contributed by atoms with Gasteiger partial charge in [-0.05, 0) is 42.5 Å². The molecule has 0 aliphatic carbocycles. The molecule has 0 N–H and O–H groups in total. The minimum Gasteiger partial charge on any atom is -0.484 e. The number of hydrogen-bond acceptors (Lipinski definition) is 5. The van der Waals surface area contributed by atoms with Gasteiger partial charge >= 0.3 is 0 Å². The van der Waals surface area contributed by atoms with E-state index in [4.69, 9.17) is 20.8 Å². The Morgan fingerprint density at radius 1 is 1.13 bits per heavy atom. The lowest BCUT2D eigenvalue weighted by Gasteiger charge is -2.34. The van der Waals surface area contributed by atoms with Gasteiger partial charge in [-0.1, -0.05) is 17.7 Å². The fraction of sp³-hybridized carbons (Fsp3) is 0.273. The number of rotatable bonds is 6. The molecule has 1 saturated heterocycles. The number of piperazine rings is 1. The van der Waals surface area contributed by atoms with Crippen LogP contribution in [0.5, 0.6) is 5.75 Å². The maximum atomic E-state index is 12.9. The molecule has 0 atom stereocenters. The van der Waals surface area contributed by atoms with Crippen LogP contribution in [0.15, 0.2) is 59.2 Å². The molecule has 8 heteroatoms. The van der Waals surface area contributed by atoms with Crippen LogP contribution in [-0.2, 0) is 11.3 Å². The normalized spacial score (nSPS) is 14.7. The molecular formula is C22H21ClFN3O3. The Bertz CT molecular complexity index is 1000. The molecule has 6 nitrogen and oxygen atoms in total. The van der Waals surface area contributed by atoms with Crippen LogP contribution in [0.2, 0.25) is 5.02 Å². The second-order valence-electron chi connectivity index (χ2n) is 7.05. The fourth-order valence-electron chi connectivity index (χ4n) is 3.29. The minimum absolute atomic E-state index is 0.0576. The molecule has 0 spiro atoms. The summed E-state index contributed by atoms with van der Waals surface area (Å²) < 4.78 is 24.0. The summed E-state index contributed by atoms with van der Waals surface area (Å²) in [6, 6.07) is 13.0. The zero-order valence-corrected chi connectivity index (χ0v) is 17.0. The SMILES string of the molecule is O=C(COc1ccc(F)cc1)N1CCN(Cc2coc(-c3cccc(Cl)c3)n2)CC1. The zero-order valence-electron chi connectivity index (χ0n) is 16.3. The van der Waals surface area contributed by atoms with Gasteiger partial charge < -0.3 is 14.1 Å². The predicted octanol–water partition coefficient (Wildman–Crippen LogP) is 3.86. The third-order valence-corrected chi connectivity index (χ3v) is 5.14. The number of nitrogens with zero attached hydrogens (tertiary/aromatic N) is 3. The van der Waals surface area contributed by atoms with Crippen molar-refractivity contribution in [1.82, 2.24) is 14.8 Å². The highest BCUT2D eigenvalue weighted by atomic mass is 35.5. The molecule has 1 aromatic heterocycles. The molecule has 3 aromatic rings. The highest BCUT2D eigenvalue weighted by Gasteiger charge is 2.22. The van der Waals surface area contributed by atoms with Crippen LogP contribution < -0.4 is 4.74 Å². The van der Waals surface area contributed by atoms with E-state index >= 15 is 0 Å². The number of benzene rings is 2.